The van der Waals surface area contributed by atoms with E-state index in [1.165, 1.54) is 17.3 Å². The number of rotatable bonds is 2. The summed E-state index contributed by atoms with van der Waals surface area (Å²) in [5.74, 6) is 0. The fourth-order valence-electron chi connectivity index (χ4n) is 2.67. The summed E-state index contributed by atoms with van der Waals surface area (Å²) < 4.78 is -0.199. The predicted molar refractivity (Wildman–Crippen MR) is 75.9 cm³/mol. The lowest BCUT2D eigenvalue weighted by Crippen LogP contribution is -2.19. The number of thioether (sulfide) groups is 1. The first kappa shape index (κ1) is 11.5. The second-order valence-electron chi connectivity index (χ2n) is 4.48. The number of fused-ring (bicyclic) bond motifs is 1. The van der Waals surface area contributed by atoms with Crippen molar-refractivity contribution in [1.29, 1.82) is 0 Å². The Hall–Kier alpha value is -1.54. The predicted octanol–water partition coefficient (Wildman–Crippen LogP) is 4.23. The first-order valence-corrected chi connectivity index (χ1v) is 6.98. The summed E-state index contributed by atoms with van der Waals surface area (Å²) in [4.78, 5) is 12.2. The van der Waals surface area contributed by atoms with E-state index in [0.717, 1.165) is 17.5 Å². The van der Waals surface area contributed by atoms with E-state index in [1.54, 1.807) is 0 Å². The Labute approximate surface area is 111 Å². The molecule has 0 saturated carbocycles. The number of hydrogen-bond acceptors (Lipinski definition) is 2. The van der Waals surface area contributed by atoms with E-state index in [4.69, 9.17) is 0 Å². The summed E-state index contributed by atoms with van der Waals surface area (Å²) in [5, 5.41) is 0.191. The van der Waals surface area contributed by atoms with Gasteiger partial charge in [0.1, 0.15) is 0 Å². The van der Waals surface area contributed by atoms with Gasteiger partial charge in [-0.1, -0.05) is 73.3 Å². The summed E-state index contributed by atoms with van der Waals surface area (Å²) in [6.07, 6.45) is 0.921. The van der Waals surface area contributed by atoms with Crippen molar-refractivity contribution in [2.45, 2.75) is 18.1 Å². The van der Waals surface area contributed by atoms with Crippen molar-refractivity contribution in [3.8, 4) is 0 Å². The monoisotopic (exact) mass is 254 g/mol. The molecule has 0 N–H and O–H groups in total. The van der Waals surface area contributed by atoms with Crippen LogP contribution in [0.3, 0.4) is 0 Å². The van der Waals surface area contributed by atoms with Gasteiger partial charge in [-0.05, 0) is 17.5 Å². The summed E-state index contributed by atoms with van der Waals surface area (Å²) >= 11 is 1.46. The van der Waals surface area contributed by atoms with E-state index in [2.05, 4.69) is 25.1 Å². The third-order valence-electron chi connectivity index (χ3n) is 3.59. The maximum Gasteiger partial charge on any atom is 0.220 e. The molecular weight excluding hydrogens is 240 g/mol. The third kappa shape index (κ3) is 1.52. The van der Waals surface area contributed by atoms with Gasteiger partial charge in [0, 0.05) is 5.56 Å². The largest absolute Gasteiger partial charge is 0.282 e. The number of hydrogen-bond donors (Lipinski definition) is 0. The summed E-state index contributed by atoms with van der Waals surface area (Å²) in [7, 11) is 0. The van der Waals surface area contributed by atoms with Crippen molar-refractivity contribution >= 4 is 16.9 Å². The molecule has 2 aromatic carbocycles. The van der Waals surface area contributed by atoms with Crippen LogP contribution >= 0.6 is 11.8 Å². The maximum absolute atomic E-state index is 12.2. The molecule has 0 bridgehead atoms. The van der Waals surface area contributed by atoms with Gasteiger partial charge in [0.15, 0.2) is 0 Å². The zero-order valence-electron chi connectivity index (χ0n) is 10.2. The zero-order chi connectivity index (χ0) is 12.6. The Morgan fingerprint density at radius 3 is 2.39 bits per heavy atom. The molecule has 1 heterocycles. The minimum atomic E-state index is -0.199. The number of carbonyl (C=O) groups is 1. The van der Waals surface area contributed by atoms with Gasteiger partial charge in [0.2, 0.25) is 5.12 Å². The van der Waals surface area contributed by atoms with Crippen molar-refractivity contribution in [2.24, 2.45) is 0 Å². The minimum absolute atomic E-state index is 0.191. The molecule has 90 valence electrons. The molecule has 0 amide bonds. The highest BCUT2D eigenvalue weighted by Gasteiger charge is 2.43. The van der Waals surface area contributed by atoms with E-state index in [-0.39, 0.29) is 9.86 Å². The summed E-state index contributed by atoms with van der Waals surface area (Å²) in [6.45, 7) is 2.15. The third-order valence-corrected chi connectivity index (χ3v) is 5.09. The highest BCUT2D eigenvalue weighted by Crippen LogP contribution is 2.53. The Morgan fingerprint density at radius 2 is 1.67 bits per heavy atom. The van der Waals surface area contributed by atoms with Crippen LogP contribution in [0.15, 0.2) is 54.6 Å². The molecular formula is C16H14OS. The van der Waals surface area contributed by atoms with Crippen molar-refractivity contribution in [3.05, 3.63) is 71.3 Å². The molecule has 2 aromatic rings. The number of benzene rings is 2. The summed E-state index contributed by atoms with van der Waals surface area (Å²) in [6, 6.07) is 18.3. The van der Waals surface area contributed by atoms with Crippen molar-refractivity contribution in [2.75, 3.05) is 0 Å². The standard InChI is InChI=1S/C16H14OS/c1-2-16(12-8-4-3-5-9-12)14-11-7-6-10-13(14)15(17)18-16/h3-11H,2H2,1H3. The topological polar surface area (TPSA) is 17.1 Å². The fourth-order valence-corrected chi connectivity index (χ4v) is 3.96. The molecule has 0 saturated heterocycles. The second kappa shape index (κ2) is 4.29. The van der Waals surface area contributed by atoms with Crippen LogP contribution in [0.4, 0.5) is 0 Å². The Bertz CT molecular complexity index is 591. The van der Waals surface area contributed by atoms with E-state index in [9.17, 15) is 4.79 Å². The van der Waals surface area contributed by atoms with E-state index >= 15 is 0 Å². The first-order chi connectivity index (χ1) is 8.78. The quantitative estimate of drug-likeness (QED) is 0.798. The van der Waals surface area contributed by atoms with Gasteiger partial charge in [-0.15, -0.1) is 0 Å². The maximum atomic E-state index is 12.2. The molecule has 0 fully saturated rings. The minimum Gasteiger partial charge on any atom is -0.282 e. The van der Waals surface area contributed by atoms with E-state index < -0.39 is 0 Å². The average Bonchev–Trinajstić information content (AvgIpc) is 2.74. The zero-order valence-corrected chi connectivity index (χ0v) is 11.0. The highest BCUT2D eigenvalue weighted by atomic mass is 32.2. The van der Waals surface area contributed by atoms with Crippen LogP contribution in [0.5, 0.6) is 0 Å². The normalized spacial score (nSPS) is 21.9. The van der Waals surface area contributed by atoms with Gasteiger partial charge >= 0.3 is 0 Å². The molecule has 1 nitrogen and oxygen atoms in total. The smallest absolute Gasteiger partial charge is 0.220 e. The molecule has 0 radical (unpaired) electrons. The van der Waals surface area contributed by atoms with Gasteiger partial charge in [0.05, 0.1) is 4.75 Å². The average molecular weight is 254 g/mol. The van der Waals surface area contributed by atoms with Crippen LogP contribution in [0.25, 0.3) is 0 Å². The highest BCUT2D eigenvalue weighted by molar-refractivity contribution is 8.15. The van der Waals surface area contributed by atoms with Crippen molar-refractivity contribution in [3.63, 3.8) is 0 Å². The molecule has 1 atom stereocenters. The van der Waals surface area contributed by atoms with Crippen molar-refractivity contribution < 1.29 is 4.79 Å². The molecule has 0 aromatic heterocycles. The lowest BCUT2D eigenvalue weighted by atomic mass is 9.86. The van der Waals surface area contributed by atoms with Crippen LogP contribution in [0, 0.1) is 0 Å². The van der Waals surface area contributed by atoms with Gasteiger partial charge in [-0.25, -0.2) is 0 Å². The molecule has 1 aliphatic heterocycles. The van der Waals surface area contributed by atoms with Gasteiger partial charge < -0.3 is 0 Å². The van der Waals surface area contributed by atoms with E-state index in [1.807, 2.05) is 36.4 Å². The Kier molecular flexibility index (Phi) is 2.75. The molecule has 1 aliphatic rings. The summed E-state index contributed by atoms with van der Waals surface area (Å²) in [5.41, 5.74) is 3.25. The molecule has 0 spiro atoms. The van der Waals surface area contributed by atoms with Gasteiger partial charge in [-0.3, -0.25) is 4.79 Å². The lowest BCUT2D eigenvalue weighted by Gasteiger charge is -2.27. The van der Waals surface area contributed by atoms with Gasteiger partial charge in [-0.2, -0.15) is 0 Å². The van der Waals surface area contributed by atoms with Crippen LogP contribution in [0.2, 0.25) is 0 Å². The second-order valence-corrected chi connectivity index (χ2v) is 5.75. The van der Waals surface area contributed by atoms with E-state index in [0.29, 0.717) is 0 Å². The number of carbonyl (C=O) groups excluding carboxylic acids is 1. The van der Waals surface area contributed by atoms with Crippen LogP contribution in [-0.4, -0.2) is 5.12 Å². The fraction of sp³-hybridized carbons (Fsp3) is 0.188. The Balaban J connectivity index is 2.24. The van der Waals surface area contributed by atoms with Crippen molar-refractivity contribution in [1.82, 2.24) is 0 Å². The van der Waals surface area contributed by atoms with Crippen LogP contribution in [0.1, 0.15) is 34.8 Å². The Morgan fingerprint density at radius 1 is 1.00 bits per heavy atom. The van der Waals surface area contributed by atoms with Gasteiger partial charge in [0.25, 0.3) is 0 Å². The molecule has 18 heavy (non-hydrogen) atoms. The SMILES string of the molecule is CCC1(c2ccccc2)SC(=O)c2ccccc21. The lowest BCUT2D eigenvalue weighted by molar-refractivity contribution is 0.109. The molecule has 3 rings (SSSR count). The van der Waals surface area contributed by atoms with Crippen LogP contribution < -0.4 is 0 Å². The first-order valence-electron chi connectivity index (χ1n) is 6.16. The molecule has 0 aliphatic carbocycles. The molecule has 2 heteroatoms. The van der Waals surface area contributed by atoms with Crippen LogP contribution in [-0.2, 0) is 4.75 Å². The molecule has 1 unspecified atom stereocenters.